The van der Waals surface area contributed by atoms with E-state index in [0.29, 0.717) is 35.8 Å². The van der Waals surface area contributed by atoms with Gasteiger partial charge < -0.3 is 19.5 Å². The van der Waals surface area contributed by atoms with Crippen LogP contribution in [0.3, 0.4) is 0 Å². The average molecular weight is 487 g/mol. The van der Waals surface area contributed by atoms with E-state index in [9.17, 15) is 14.7 Å². The van der Waals surface area contributed by atoms with Crippen molar-refractivity contribution in [2.45, 2.75) is 39.3 Å². The van der Waals surface area contributed by atoms with Crippen molar-refractivity contribution in [3.8, 4) is 11.5 Å². The summed E-state index contributed by atoms with van der Waals surface area (Å²) in [5, 5.41) is 11.3. The number of aliphatic hydroxyl groups excluding tert-OH is 1. The summed E-state index contributed by atoms with van der Waals surface area (Å²) in [6.45, 7) is 5.30. The molecule has 0 radical (unpaired) electrons. The maximum absolute atomic E-state index is 13.2. The van der Waals surface area contributed by atoms with Gasteiger partial charge in [-0.2, -0.15) is 0 Å². The van der Waals surface area contributed by atoms with E-state index in [1.54, 1.807) is 54.9 Å². The number of Topliss-reactive ketones (excluding diaryl/α,β-unsaturated/α-hetero) is 1. The smallest absolute Gasteiger partial charge is 0.295 e. The van der Waals surface area contributed by atoms with Gasteiger partial charge in [0, 0.05) is 24.5 Å². The molecule has 36 heavy (non-hydrogen) atoms. The summed E-state index contributed by atoms with van der Waals surface area (Å²) in [4.78, 5) is 32.0. The number of carbonyl (C=O) groups is 2. The number of ketones is 1. The molecule has 7 heteroatoms. The minimum Gasteiger partial charge on any atom is -0.507 e. The number of pyridine rings is 1. The first-order valence-electron chi connectivity index (χ1n) is 12.2. The molecular formula is C29H30N2O5. The highest BCUT2D eigenvalue weighted by Crippen LogP contribution is 2.40. The van der Waals surface area contributed by atoms with Crippen LogP contribution in [0.1, 0.15) is 49.4 Å². The summed E-state index contributed by atoms with van der Waals surface area (Å²) in [6, 6.07) is 17.0. The Labute approximate surface area is 211 Å². The molecule has 1 N–H and O–H groups in total. The van der Waals surface area contributed by atoms with Gasteiger partial charge in [-0.25, -0.2) is 0 Å². The topological polar surface area (TPSA) is 89.0 Å². The van der Waals surface area contributed by atoms with Crippen LogP contribution < -0.4 is 9.47 Å². The fourth-order valence-corrected chi connectivity index (χ4v) is 4.19. The fourth-order valence-electron chi connectivity index (χ4n) is 4.19. The fraction of sp³-hybridized carbons (Fsp3) is 0.276. The van der Waals surface area contributed by atoms with Crippen molar-refractivity contribution in [3.63, 3.8) is 0 Å². The number of amides is 1. The molecule has 1 amide bonds. The quantitative estimate of drug-likeness (QED) is 0.182. The Morgan fingerprint density at radius 2 is 1.67 bits per heavy atom. The largest absolute Gasteiger partial charge is 0.507 e. The molecule has 1 saturated heterocycles. The van der Waals surface area contributed by atoms with Crippen LogP contribution in [-0.2, 0) is 16.1 Å². The van der Waals surface area contributed by atoms with Crippen LogP contribution in [0.15, 0.2) is 78.6 Å². The number of hydrogen-bond acceptors (Lipinski definition) is 6. The molecule has 3 aromatic rings. The lowest BCUT2D eigenvalue weighted by molar-refractivity contribution is -0.140. The molecule has 4 rings (SSSR count). The van der Waals surface area contributed by atoms with Crippen molar-refractivity contribution in [1.29, 1.82) is 0 Å². The molecule has 0 bridgehead atoms. The van der Waals surface area contributed by atoms with E-state index in [1.807, 2.05) is 25.1 Å². The molecule has 0 aliphatic carbocycles. The zero-order valence-corrected chi connectivity index (χ0v) is 20.5. The van der Waals surface area contributed by atoms with Gasteiger partial charge in [-0.3, -0.25) is 14.6 Å². The van der Waals surface area contributed by atoms with Crippen LogP contribution in [0, 0.1) is 0 Å². The van der Waals surface area contributed by atoms with E-state index in [0.717, 1.165) is 18.4 Å². The summed E-state index contributed by atoms with van der Waals surface area (Å²) in [7, 11) is 0. The van der Waals surface area contributed by atoms with E-state index in [4.69, 9.17) is 9.47 Å². The molecule has 1 aromatic heterocycles. The van der Waals surface area contributed by atoms with Gasteiger partial charge in [0.2, 0.25) is 0 Å². The standard InChI is InChI=1S/C29H30N2O5/c1-3-5-17-36-24-14-10-22(11-15-24)27(32)25-26(21-8-12-23(13-9-21)35-4-2)31(29(34)28(25)33)19-20-7-6-16-30-18-20/h6-16,18,26,32H,3-5,17,19H2,1-2H3/b27-25+. The van der Waals surface area contributed by atoms with Gasteiger partial charge in [-0.1, -0.05) is 31.5 Å². The summed E-state index contributed by atoms with van der Waals surface area (Å²) >= 11 is 0. The third-order valence-electron chi connectivity index (χ3n) is 6.02. The Morgan fingerprint density at radius 3 is 2.31 bits per heavy atom. The van der Waals surface area contributed by atoms with Gasteiger partial charge in [0.05, 0.1) is 24.8 Å². The number of likely N-dealkylation sites (tertiary alicyclic amines) is 1. The number of benzene rings is 2. The Balaban J connectivity index is 1.73. The highest BCUT2D eigenvalue weighted by atomic mass is 16.5. The summed E-state index contributed by atoms with van der Waals surface area (Å²) in [6.07, 6.45) is 5.29. The maximum Gasteiger partial charge on any atom is 0.295 e. The zero-order chi connectivity index (χ0) is 25.5. The summed E-state index contributed by atoms with van der Waals surface area (Å²) < 4.78 is 11.3. The van der Waals surface area contributed by atoms with Gasteiger partial charge in [-0.05, 0) is 66.9 Å². The Bertz CT molecular complexity index is 1220. The van der Waals surface area contributed by atoms with E-state index in [1.165, 1.54) is 4.90 Å². The van der Waals surface area contributed by atoms with E-state index in [-0.39, 0.29) is 17.9 Å². The predicted octanol–water partition coefficient (Wildman–Crippen LogP) is 5.28. The predicted molar refractivity (Wildman–Crippen MR) is 137 cm³/mol. The molecule has 0 spiro atoms. The first-order chi connectivity index (χ1) is 17.5. The molecule has 1 atom stereocenters. The summed E-state index contributed by atoms with van der Waals surface area (Å²) in [5.41, 5.74) is 1.97. The van der Waals surface area contributed by atoms with Crippen molar-refractivity contribution < 1.29 is 24.2 Å². The van der Waals surface area contributed by atoms with Crippen molar-refractivity contribution in [1.82, 2.24) is 9.88 Å². The molecule has 1 fully saturated rings. The molecule has 2 aromatic carbocycles. The number of nitrogens with zero attached hydrogens (tertiary/aromatic N) is 2. The lowest BCUT2D eigenvalue weighted by Crippen LogP contribution is -2.29. The zero-order valence-electron chi connectivity index (χ0n) is 20.5. The minimum absolute atomic E-state index is 0.0488. The van der Waals surface area contributed by atoms with Crippen LogP contribution in [0.25, 0.3) is 5.76 Å². The molecule has 1 unspecified atom stereocenters. The molecule has 2 heterocycles. The summed E-state index contributed by atoms with van der Waals surface area (Å²) in [5.74, 6) is -0.248. The molecule has 1 aliphatic heterocycles. The van der Waals surface area contributed by atoms with E-state index in [2.05, 4.69) is 11.9 Å². The number of rotatable bonds is 10. The van der Waals surface area contributed by atoms with Crippen molar-refractivity contribution in [2.24, 2.45) is 0 Å². The first kappa shape index (κ1) is 25.0. The lowest BCUT2D eigenvalue weighted by Gasteiger charge is -2.25. The highest BCUT2D eigenvalue weighted by molar-refractivity contribution is 6.46. The van der Waals surface area contributed by atoms with Crippen LogP contribution >= 0.6 is 0 Å². The normalized spacial score (nSPS) is 16.8. The molecule has 7 nitrogen and oxygen atoms in total. The molecular weight excluding hydrogens is 456 g/mol. The lowest BCUT2D eigenvalue weighted by atomic mass is 9.95. The van der Waals surface area contributed by atoms with Crippen molar-refractivity contribution in [2.75, 3.05) is 13.2 Å². The number of hydrogen-bond donors (Lipinski definition) is 1. The van der Waals surface area contributed by atoms with Crippen LogP contribution in [-0.4, -0.2) is 39.9 Å². The first-order valence-corrected chi connectivity index (χ1v) is 12.2. The van der Waals surface area contributed by atoms with Crippen LogP contribution in [0.4, 0.5) is 0 Å². The minimum atomic E-state index is -0.763. The van der Waals surface area contributed by atoms with Gasteiger partial charge in [0.25, 0.3) is 11.7 Å². The van der Waals surface area contributed by atoms with Gasteiger partial charge >= 0.3 is 0 Å². The van der Waals surface area contributed by atoms with Crippen molar-refractivity contribution >= 4 is 17.4 Å². The Kier molecular flexibility index (Phi) is 8.00. The Hall–Kier alpha value is -4.13. The van der Waals surface area contributed by atoms with E-state index >= 15 is 0 Å². The number of aromatic nitrogens is 1. The number of aliphatic hydroxyl groups is 1. The number of ether oxygens (including phenoxy) is 2. The number of unbranched alkanes of at least 4 members (excludes halogenated alkanes) is 1. The average Bonchev–Trinajstić information content (AvgIpc) is 3.15. The third-order valence-corrected chi connectivity index (χ3v) is 6.02. The van der Waals surface area contributed by atoms with Gasteiger partial charge in [-0.15, -0.1) is 0 Å². The van der Waals surface area contributed by atoms with Crippen molar-refractivity contribution in [3.05, 3.63) is 95.3 Å². The monoisotopic (exact) mass is 486 g/mol. The second-order valence-electron chi connectivity index (χ2n) is 8.52. The highest BCUT2D eigenvalue weighted by Gasteiger charge is 2.46. The third kappa shape index (κ3) is 5.40. The number of carbonyl (C=O) groups excluding carboxylic acids is 2. The van der Waals surface area contributed by atoms with Gasteiger partial charge in [0.1, 0.15) is 17.3 Å². The molecule has 0 saturated carbocycles. The second-order valence-corrected chi connectivity index (χ2v) is 8.52. The van der Waals surface area contributed by atoms with Crippen LogP contribution in [0.5, 0.6) is 11.5 Å². The second kappa shape index (κ2) is 11.5. The van der Waals surface area contributed by atoms with Gasteiger partial charge in [0.15, 0.2) is 0 Å². The van der Waals surface area contributed by atoms with E-state index < -0.39 is 17.7 Å². The molecule has 186 valence electrons. The maximum atomic E-state index is 13.2. The van der Waals surface area contributed by atoms with Crippen LogP contribution in [0.2, 0.25) is 0 Å². The Morgan fingerprint density at radius 1 is 0.972 bits per heavy atom. The SMILES string of the molecule is CCCCOc1ccc(/C(O)=C2\C(=O)C(=O)N(Cc3cccnc3)C2c2ccc(OCC)cc2)cc1. The molecule has 1 aliphatic rings.